The Labute approximate surface area is 149 Å². The molecule has 26 heavy (non-hydrogen) atoms. The van der Waals surface area contributed by atoms with Gasteiger partial charge in [0.1, 0.15) is 18.6 Å². The molecule has 0 bridgehead atoms. The molecule has 0 unspecified atom stereocenters. The van der Waals surface area contributed by atoms with Crippen LogP contribution < -0.4 is 5.73 Å². The predicted octanol–water partition coefficient (Wildman–Crippen LogP) is -0.130. The molecule has 2 aliphatic rings. The summed E-state index contributed by atoms with van der Waals surface area (Å²) in [5.74, 6) is -3.87. The maximum absolute atomic E-state index is 12.7. The molecule has 1 aromatic carbocycles. The van der Waals surface area contributed by atoms with Gasteiger partial charge in [-0.3, -0.25) is 4.79 Å². The lowest BCUT2D eigenvalue weighted by Crippen LogP contribution is -2.64. The number of anilines is 1. The summed E-state index contributed by atoms with van der Waals surface area (Å²) < 4.78 is 28.8. The number of carboxylic acids is 1. The number of amides is 1. The van der Waals surface area contributed by atoms with Gasteiger partial charge in [-0.25, -0.2) is 18.0 Å². The maximum Gasteiger partial charge on any atom is 0.338 e. The summed E-state index contributed by atoms with van der Waals surface area (Å²) in [5.41, 5.74) is 6.20. The van der Waals surface area contributed by atoms with E-state index < -0.39 is 56.4 Å². The second-order valence-corrected chi connectivity index (χ2v) is 9.48. The molecule has 0 saturated carbocycles. The van der Waals surface area contributed by atoms with E-state index in [1.165, 1.54) is 38.1 Å². The molecule has 1 amide bonds. The summed E-state index contributed by atoms with van der Waals surface area (Å²) in [6.07, 6.45) is 0. The molecule has 140 valence electrons. The number of β-lactam (4-membered cyclic amide) rings is 1. The third-order valence-electron chi connectivity index (χ3n) is 4.95. The monoisotopic (exact) mass is 382 g/mol. The van der Waals surface area contributed by atoms with E-state index in [0.29, 0.717) is 5.69 Å². The minimum Gasteiger partial charge on any atom is -0.480 e. The molecule has 0 aromatic heterocycles. The zero-order valence-corrected chi connectivity index (χ0v) is 14.9. The first-order valence-electron chi connectivity index (χ1n) is 7.81. The number of nitrogen functional groups attached to an aromatic ring is 1. The van der Waals surface area contributed by atoms with Crippen molar-refractivity contribution in [2.75, 3.05) is 12.3 Å². The number of benzene rings is 1. The van der Waals surface area contributed by atoms with Gasteiger partial charge < -0.3 is 20.5 Å². The zero-order valence-electron chi connectivity index (χ0n) is 14.1. The fourth-order valence-corrected chi connectivity index (χ4v) is 5.73. The summed E-state index contributed by atoms with van der Waals surface area (Å²) in [6, 6.07) is 4.45. The van der Waals surface area contributed by atoms with Gasteiger partial charge in [0.05, 0.1) is 10.3 Å². The number of hydrogen-bond donors (Lipinski definition) is 2. The number of aliphatic carboxylic acids is 1. The second-order valence-electron chi connectivity index (χ2n) is 6.85. The average Bonchev–Trinajstić information content (AvgIpc) is 2.69. The van der Waals surface area contributed by atoms with E-state index >= 15 is 0 Å². The first kappa shape index (κ1) is 18.2. The van der Waals surface area contributed by atoms with E-state index in [0.717, 1.165) is 4.90 Å². The number of fused-ring (bicyclic) bond motifs is 1. The van der Waals surface area contributed by atoms with E-state index in [2.05, 4.69) is 0 Å². The number of hydrogen-bond acceptors (Lipinski definition) is 7. The van der Waals surface area contributed by atoms with Crippen LogP contribution in [0.5, 0.6) is 0 Å². The molecule has 0 aliphatic carbocycles. The topological polar surface area (TPSA) is 144 Å². The Balaban J connectivity index is 1.77. The minimum absolute atomic E-state index is 0.209. The summed E-state index contributed by atoms with van der Waals surface area (Å²) >= 11 is 0. The van der Waals surface area contributed by atoms with Crippen molar-refractivity contribution < 1.29 is 32.6 Å². The fraction of sp³-hybridized carbons (Fsp3) is 0.438. The van der Waals surface area contributed by atoms with Gasteiger partial charge in [0.15, 0.2) is 15.2 Å². The molecule has 3 atom stereocenters. The summed E-state index contributed by atoms with van der Waals surface area (Å²) in [7, 11) is -3.94. The van der Waals surface area contributed by atoms with E-state index in [1.807, 2.05) is 0 Å². The van der Waals surface area contributed by atoms with Crippen LogP contribution in [0.3, 0.4) is 0 Å². The highest BCUT2D eigenvalue weighted by atomic mass is 32.2. The lowest BCUT2D eigenvalue weighted by molar-refractivity contribution is -0.165. The second kappa shape index (κ2) is 5.70. The van der Waals surface area contributed by atoms with Crippen molar-refractivity contribution in [3.05, 3.63) is 29.8 Å². The van der Waals surface area contributed by atoms with Crippen LogP contribution in [0.15, 0.2) is 24.3 Å². The van der Waals surface area contributed by atoms with Crippen molar-refractivity contribution in [3.63, 3.8) is 0 Å². The molecule has 2 fully saturated rings. The summed E-state index contributed by atoms with van der Waals surface area (Å²) in [5, 5.41) is 8.04. The number of rotatable bonds is 4. The normalized spacial score (nSPS) is 28.2. The maximum atomic E-state index is 12.7. The fourth-order valence-electron chi connectivity index (χ4n) is 3.43. The quantitative estimate of drug-likeness (QED) is 0.416. The highest BCUT2D eigenvalue weighted by Gasteiger charge is 2.72. The van der Waals surface area contributed by atoms with Crippen LogP contribution in [0.4, 0.5) is 5.69 Å². The van der Waals surface area contributed by atoms with Crippen molar-refractivity contribution in [1.29, 1.82) is 0 Å². The number of carboxylic acid groups (broad SMARTS) is 1. The van der Waals surface area contributed by atoms with E-state index in [1.54, 1.807) is 0 Å². The van der Waals surface area contributed by atoms with Crippen LogP contribution in [-0.2, 0) is 24.2 Å². The molecule has 10 heteroatoms. The Hall–Kier alpha value is -2.62. The van der Waals surface area contributed by atoms with Gasteiger partial charge in [-0.2, -0.15) is 0 Å². The third-order valence-corrected chi connectivity index (χ3v) is 7.83. The van der Waals surface area contributed by atoms with Crippen molar-refractivity contribution >= 4 is 33.4 Å². The molecular formula is C16H18N2O7S. The molecule has 2 heterocycles. The number of sulfone groups is 1. The Morgan fingerprint density at radius 2 is 1.85 bits per heavy atom. The van der Waals surface area contributed by atoms with Crippen molar-refractivity contribution in [1.82, 2.24) is 4.90 Å². The average molecular weight is 382 g/mol. The van der Waals surface area contributed by atoms with Crippen LogP contribution in [0.1, 0.15) is 24.2 Å². The van der Waals surface area contributed by atoms with Crippen LogP contribution in [0, 0.1) is 5.92 Å². The molecule has 0 spiro atoms. The molecule has 9 nitrogen and oxygen atoms in total. The number of nitrogens with two attached hydrogens (primary N) is 1. The van der Waals surface area contributed by atoms with E-state index in [9.17, 15) is 27.9 Å². The van der Waals surface area contributed by atoms with E-state index in [-0.39, 0.29) is 5.56 Å². The highest BCUT2D eigenvalue weighted by molar-refractivity contribution is 7.93. The molecule has 3 N–H and O–H groups in total. The lowest BCUT2D eigenvalue weighted by Gasteiger charge is -2.42. The Morgan fingerprint density at radius 1 is 1.27 bits per heavy atom. The molecule has 0 radical (unpaired) electrons. The van der Waals surface area contributed by atoms with Gasteiger partial charge >= 0.3 is 11.9 Å². The van der Waals surface area contributed by atoms with Crippen molar-refractivity contribution in [3.8, 4) is 0 Å². The molecule has 3 rings (SSSR count). The van der Waals surface area contributed by atoms with Crippen LogP contribution in [0.2, 0.25) is 0 Å². The van der Waals surface area contributed by atoms with E-state index in [4.69, 9.17) is 10.5 Å². The van der Waals surface area contributed by atoms with Crippen molar-refractivity contribution in [2.24, 2.45) is 5.92 Å². The summed E-state index contributed by atoms with van der Waals surface area (Å²) in [6.45, 7) is 2.12. The number of ether oxygens (including phenoxy) is 1. The van der Waals surface area contributed by atoms with Gasteiger partial charge in [0.25, 0.3) is 0 Å². The predicted molar refractivity (Wildman–Crippen MR) is 89.7 cm³/mol. The number of esters is 1. The number of carbonyl (C=O) groups is 3. The first-order valence-corrected chi connectivity index (χ1v) is 9.36. The Bertz CT molecular complexity index is 892. The SMILES string of the molecule is CC1(C)[C@H](C(=O)O)N2C(=O)[C@@H](COC(=O)c3ccc(N)cc3)[C@H]2S1(=O)=O. The third kappa shape index (κ3) is 2.36. The standard InChI is InChI=1S/C16H18N2O7S/c1-16(2)11(14(20)21)18-12(19)10(13(18)26(16,23)24)7-25-15(22)8-3-5-9(17)6-4-8/h3-6,10-11,13H,7,17H2,1-2H3,(H,20,21)/t10-,11+,13-/m1/s1. The summed E-state index contributed by atoms with van der Waals surface area (Å²) in [4.78, 5) is 36.7. The molecular weight excluding hydrogens is 364 g/mol. The molecule has 2 saturated heterocycles. The van der Waals surface area contributed by atoms with Crippen LogP contribution >= 0.6 is 0 Å². The van der Waals surface area contributed by atoms with Gasteiger partial charge in [-0.15, -0.1) is 0 Å². The Kier molecular flexibility index (Phi) is 3.98. The molecule has 2 aliphatic heterocycles. The van der Waals surface area contributed by atoms with Crippen LogP contribution in [0.25, 0.3) is 0 Å². The Morgan fingerprint density at radius 3 is 2.38 bits per heavy atom. The number of carbonyl (C=O) groups excluding carboxylic acids is 2. The van der Waals surface area contributed by atoms with Gasteiger partial charge in [0.2, 0.25) is 5.91 Å². The van der Waals surface area contributed by atoms with Gasteiger partial charge in [-0.05, 0) is 38.1 Å². The number of nitrogens with zero attached hydrogens (tertiary/aromatic N) is 1. The minimum atomic E-state index is -3.94. The first-order chi connectivity index (χ1) is 12.0. The lowest BCUT2D eigenvalue weighted by atomic mass is 9.92. The van der Waals surface area contributed by atoms with Gasteiger partial charge in [-0.1, -0.05) is 0 Å². The molecule has 1 aromatic rings. The largest absolute Gasteiger partial charge is 0.480 e. The smallest absolute Gasteiger partial charge is 0.338 e. The zero-order chi connectivity index (χ0) is 19.4. The van der Waals surface area contributed by atoms with Gasteiger partial charge in [0, 0.05) is 5.69 Å². The highest BCUT2D eigenvalue weighted by Crippen LogP contribution is 2.48. The van der Waals surface area contributed by atoms with Crippen molar-refractivity contribution in [2.45, 2.75) is 30.0 Å². The van der Waals surface area contributed by atoms with Crippen LogP contribution in [-0.4, -0.2) is 59.0 Å².